The molecule has 2 N–H and O–H groups in total. The summed E-state index contributed by atoms with van der Waals surface area (Å²) in [7, 11) is 0. The molecule has 1 saturated heterocycles. The fraction of sp³-hybridized carbons (Fsp3) is 0.500. The van der Waals surface area contributed by atoms with Crippen LogP contribution in [0.3, 0.4) is 0 Å². The summed E-state index contributed by atoms with van der Waals surface area (Å²) in [6.07, 6.45) is 0. The van der Waals surface area contributed by atoms with Gasteiger partial charge in [0.15, 0.2) is 0 Å². The number of aliphatic hydroxyl groups is 1. The molecule has 0 bridgehead atoms. The summed E-state index contributed by atoms with van der Waals surface area (Å²) < 4.78 is 5.36. The first-order valence-corrected chi connectivity index (χ1v) is 6.67. The molecule has 5 nitrogen and oxygen atoms in total. The molecule has 2 heterocycles. The van der Waals surface area contributed by atoms with E-state index in [1.54, 1.807) is 0 Å². The van der Waals surface area contributed by atoms with Crippen molar-refractivity contribution >= 4 is 11.0 Å². The number of benzene rings is 1. The van der Waals surface area contributed by atoms with Gasteiger partial charge in [-0.15, -0.1) is 0 Å². The molecule has 5 heteroatoms. The zero-order chi connectivity index (χ0) is 13.2. The summed E-state index contributed by atoms with van der Waals surface area (Å²) in [5.41, 5.74) is 3.13. The Hall–Kier alpha value is -1.43. The molecule has 19 heavy (non-hydrogen) atoms. The third-order valence-electron chi connectivity index (χ3n) is 3.67. The van der Waals surface area contributed by atoms with Crippen LogP contribution in [0.5, 0.6) is 0 Å². The molecule has 2 aromatic rings. The molecule has 0 spiro atoms. The number of morpholine rings is 1. The third-order valence-corrected chi connectivity index (χ3v) is 3.67. The number of hydrogen-bond acceptors (Lipinski definition) is 4. The Balaban J connectivity index is 1.91. The normalized spacial score (nSPS) is 18.8. The van der Waals surface area contributed by atoms with Crippen molar-refractivity contribution in [3.05, 3.63) is 29.6 Å². The van der Waals surface area contributed by atoms with Crippen LogP contribution in [0, 0.1) is 6.92 Å². The molecule has 1 aromatic heterocycles. The molecule has 3 rings (SSSR count). The van der Waals surface area contributed by atoms with E-state index in [0.717, 1.165) is 48.7 Å². The molecule has 1 atom stereocenters. The minimum Gasteiger partial charge on any atom is -0.394 e. The highest BCUT2D eigenvalue weighted by molar-refractivity contribution is 5.76. The van der Waals surface area contributed by atoms with Gasteiger partial charge in [-0.2, -0.15) is 0 Å². The average molecular weight is 261 g/mol. The van der Waals surface area contributed by atoms with Crippen molar-refractivity contribution in [1.82, 2.24) is 14.9 Å². The van der Waals surface area contributed by atoms with Crippen molar-refractivity contribution < 1.29 is 9.84 Å². The lowest BCUT2D eigenvalue weighted by molar-refractivity contribution is 0.00262. The molecule has 0 radical (unpaired) electrons. The van der Waals surface area contributed by atoms with Crippen LogP contribution in [-0.4, -0.2) is 52.9 Å². The molecule has 0 amide bonds. The Labute approximate surface area is 112 Å². The highest BCUT2D eigenvalue weighted by atomic mass is 16.5. The summed E-state index contributed by atoms with van der Waals surface area (Å²) >= 11 is 0. The van der Waals surface area contributed by atoms with Crippen molar-refractivity contribution in [2.24, 2.45) is 0 Å². The quantitative estimate of drug-likeness (QED) is 0.872. The summed E-state index contributed by atoms with van der Waals surface area (Å²) in [5.74, 6) is 0.916. The highest BCUT2D eigenvalue weighted by Gasteiger charge is 2.22. The van der Waals surface area contributed by atoms with Gasteiger partial charge in [-0.05, 0) is 24.6 Å². The zero-order valence-corrected chi connectivity index (χ0v) is 11.1. The lowest BCUT2D eigenvalue weighted by Gasteiger charge is -2.33. The molecular weight excluding hydrogens is 242 g/mol. The van der Waals surface area contributed by atoms with Gasteiger partial charge in [0.25, 0.3) is 0 Å². The number of rotatable bonds is 3. The van der Waals surface area contributed by atoms with Crippen LogP contribution < -0.4 is 0 Å². The minimum absolute atomic E-state index is 0.0388. The van der Waals surface area contributed by atoms with Gasteiger partial charge in [-0.3, -0.25) is 4.90 Å². The number of H-pyrrole nitrogens is 1. The SMILES string of the molecule is Cc1nc2ccc(C(CO)N3CCOCC3)cc2[nH]1. The van der Waals surface area contributed by atoms with E-state index in [-0.39, 0.29) is 12.6 Å². The van der Waals surface area contributed by atoms with Gasteiger partial charge in [0.2, 0.25) is 0 Å². The summed E-state index contributed by atoms with van der Waals surface area (Å²) in [6, 6.07) is 6.19. The molecule has 0 aliphatic carbocycles. The maximum atomic E-state index is 9.70. The van der Waals surface area contributed by atoms with Gasteiger partial charge in [-0.25, -0.2) is 4.98 Å². The second-order valence-corrected chi connectivity index (χ2v) is 4.95. The zero-order valence-electron chi connectivity index (χ0n) is 11.1. The number of imidazole rings is 1. The Morgan fingerprint density at radius 1 is 1.42 bits per heavy atom. The Morgan fingerprint density at radius 3 is 2.95 bits per heavy atom. The summed E-state index contributed by atoms with van der Waals surface area (Å²) in [5, 5.41) is 9.70. The van der Waals surface area contributed by atoms with Gasteiger partial charge in [0, 0.05) is 13.1 Å². The number of aryl methyl sites for hydroxylation is 1. The maximum absolute atomic E-state index is 9.70. The Morgan fingerprint density at radius 2 is 2.21 bits per heavy atom. The van der Waals surface area contributed by atoms with Crippen molar-refractivity contribution in [2.45, 2.75) is 13.0 Å². The Bertz CT molecular complexity index is 561. The fourth-order valence-electron chi connectivity index (χ4n) is 2.68. The molecule has 1 unspecified atom stereocenters. The van der Waals surface area contributed by atoms with Crippen LogP contribution in [0.2, 0.25) is 0 Å². The van der Waals surface area contributed by atoms with E-state index in [2.05, 4.69) is 27.0 Å². The first-order valence-electron chi connectivity index (χ1n) is 6.67. The fourth-order valence-corrected chi connectivity index (χ4v) is 2.68. The summed E-state index contributed by atoms with van der Waals surface area (Å²) in [6.45, 7) is 5.28. The van der Waals surface area contributed by atoms with Crippen LogP contribution in [0.4, 0.5) is 0 Å². The van der Waals surface area contributed by atoms with Gasteiger partial charge >= 0.3 is 0 Å². The van der Waals surface area contributed by atoms with E-state index in [1.165, 1.54) is 0 Å². The van der Waals surface area contributed by atoms with E-state index < -0.39 is 0 Å². The first-order chi connectivity index (χ1) is 9.28. The van der Waals surface area contributed by atoms with E-state index in [9.17, 15) is 5.11 Å². The van der Waals surface area contributed by atoms with Gasteiger partial charge in [0.05, 0.1) is 36.9 Å². The summed E-state index contributed by atoms with van der Waals surface area (Å²) in [4.78, 5) is 9.92. The number of nitrogens with zero attached hydrogens (tertiary/aromatic N) is 2. The van der Waals surface area contributed by atoms with Crippen molar-refractivity contribution in [2.75, 3.05) is 32.9 Å². The van der Waals surface area contributed by atoms with Crippen LogP contribution in [0.25, 0.3) is 11.0 Å². The first kappa shape index (κ1) is 12.6. The number of aromatic amines is 1. The van der Waals surface area contributed by atoms with Crippen molar-refractivity contribution in [3.8, 4) is 0 Å². The molecule has 102 valence electrons. The highest BCUT2D eigenvalue weighted by Crippen LogP contribution is 2.24. The number of aromatic nitrogens is 2. The van der Waals surface area contributed by atoms with Gasteiger partial charge in [-0.1, -0.05) is 6.07 Å². The minimum atomic E-state index is 0.0388. The van der Waals surface area contributed by atoms with Crippen LogP contribution in [0.1, 0.15) is 17.4 Å². The smallest absolute Gasteiger partial charge is 0.104 e. The van der Waals surface area contributed by atoms with E-state index in [0.29, 0.717) is 0 Å². The van der Waals surface area contributed by atoms with E-state index in [4.69, 9.17) is 4.74 Å². The lowest BCUT2D eigenvalue weighted by atomic mass is 10.0. The van der Waals surface area contributed by atoms with Crippen molar-refractivity contribution in [3.63, 3.8) is 0 Å². The largest absolute Gasteiger partial charge is 0.394 e. The number of fused-ring (bicyclic) bond motifs is 1. The van der Waals surface area contributed by atoms with Crippen LogP contribution >= 0.6 is 0 Å². The van der Waals surface area contributed by atoms with Crippen LogP contribution in [-0.2, 0) is 4.74 Å². The topological polar surface area (TPSA) is 61.4 Å². The van der Waals surface area contributed by atoms with E-state index in [1.807, 2.05) is 13.0 Å². The second kappa shape index (κ2) is 5.28. The van der Waals surface area contributed by atoms with Crippen LogP contribution in [0.15, 0.2) is 18.2 Å². The Kier molecular flexibility index (Phi) is 3.50. The lowest BCUT2D eigenvalue weighted by Crippen LogP contribution is -2.40. The van der Waals surface area contributed by atoms with Gasteiger partial charge < -0.3 is 14.8 Å². The molecule has 1 fully saturated rings. The number of ether oxygens (including phenoxy) is 1. The molecule has 0 saturated carbocycles. The molecular formula is C14H19N3O2. The standard InChI is InChI=1S/C14H19N3O2/c1-10-15-12-3-2-11(8-13(12)16-10)14(9-18)17-4-6-19-7-5-17/h2-3,8,14,18H,4-7,9H2,1H3,(H,15,16). The molecule has 1 aliphatic rings. The number of nitrogens with one attached hydrogen (secondary N) is 1. The predicted molar refractivity (Wildman–Crippen MR) is 73.0 cm³/mol. The predicted octanol–water partition coefficient (Wildman–Crippen LogP) is 1.24. The molecule has 1 aliphatic heterocycles. The number of hydrogen-bond donors (Lipinski definition) is 2. The molecule has 1 aromatic carbocycles. The monoisotopic (exact) mass is 261 g/mol. The van der Waals surface area contributed by atoms with Gasteiger partial charge in [0.1, 0.15) is 5.82 Å². The van der Waals surface area contributed by atoms with E-state index >= 15 is 0 Å². The van der Waals surface area contributed by atoms with Crippen molar-refractivity contribution in [1.29, 1.82) is 0 Å². The average Bonchev–Trinajstić information content (AvgIpc) is 2.80. The number of aliphatic hydroxyl groups excluding tert-OH is 1. The maximum Gasteiger partial charge on any atom is 0.104 e. The third kappa shape index (κ3) is 2.49. The second-order valence-electron chi connectivity index (χ2n) is 4.95.